The van der Waals surface area contributed by atoms with Crippen LogP contribution in [0, 0.1) is 6.92 Å². The van der Waals surface area contributed by atoms with Gasteiger partial charge in [0.25, 0.3) is 10.1 Å². The van der Waals surface area contributed by atoms with Crippen molar-refractivity contribution in [1.29, 1.82) is 0 Å². The second-order valence-corrected chi connectivity index (χ2v) is 7.77. The predicted octanol–water partition coefficient (Wildman–Crippen LogP) is -0.119. The second-order valence-electron chi connectivity index (χ2n) is 5.10. The number of carbonyl (C=O) groups excluding carboxylic acids is 2. The monoisotopic (exact) mass is 375 g/mol. The lowest BCUT2D eigenvalue weighted by Gasteiger charge is -2.33. The van der Waals surface area contributed by atoms with E-state index in [0.29, 0.717) is 6.54 Å². The number of β-lactam (4-membered cyclic amide) rings is 1. The first-order valence-corrected chi connectivity index (χ1v) is 9.56. The van der Waals surface area contributed by atoms with E-state index < -0.39 is 10.1 Å². The largest absolute Gasteiger partial charge is 0.356 e. The van der Waals surface area contributed by atoms with E-state index in [1.165, 1.54) is 19.1 Å². The standard InChI is InChI=1S/C7H13N3O2S.C7H8O3S/c1-4(11)9-2-3-13-7-5(8)6(12)10-7;1-6-2-4-7(5-3-6)11(8,9)10/h5,7H,2-3,8H2,1H3,(H,9,11)(H,10,12);2-5H,1H3,(H,8,9,10)/t5-,7-;/m1./s1. The highest BCUT2D eigenvalue weighted by atomic mass is 32.2. The SMILES string of the molecule is CC(=O)NCCS[C@H]1NC(=O)[C@H]1N.Cc1ccc(S(=O)(=O)O)cc1. The van der Waals surface area contributed by atoms with Gasteiger partial charge in [-0.2, -0.15) is 8.42 Å². The lowest BCUT2D eigenvalue weighted by Crippen LogP contribution is -2.65. The summed E-state index contributed by atoms with van der Waals surface area (Å²) in [5.74, 6) is 0.623. The van der Waals surface area contributed by atoms with Gasteiger partial charge in [-0.25, -0.2) is 0 Å². The molecule has 10 heteroatoms. The zero-order valence-corrected chi connectivity index (χ0v) is 15.0. The maximum Gasteiger partial charge on any atom is 0.294 e. The Bertz CT molecular complexity index is 676. The number of rotatable bonds is 5. The molecule has 5 N–H and O–H groups in total. The van der Waals surface area contributed by atoms with E-state index >= 15 is 0 Å². The van der Waals surface area contributed by atoms with Crippen molar-refractivity contribution in [2.75, 3.05) is 12.3 Å². The Morgan fingerprint density at radius 1 is 1.38 bits per heavy atom. The van der Waals surface area contributed by atoms with Gasteiger partial charge in [-0.1, -0.05) is 17.7 Å². The van der Waals surface area contributed by atoms with Crippen LogP contribution in [0.1, 0.15) is 12.5 Å². The van der Waals surface area contributed by atoms with Crippen LogP contribution < -0.4 is 16.4 Å². The predicted molar refractivity (Wildman–Crippen MR) is 92.0 cm³/mol. The summed E-state index contributed by atoms with van der Waals surface area (Å²) in [7, 11) is -4.02. The molecule has 1 fully saturated rings. The number of hydrogen-bond acceptors (Lipinski definition) is 6. The summed E-state index contributed by atoms with van der Waals surface area (Å²) in [5, 5.41) is 5.34. The fourth-order valence-corrected chi connectivity index (χ4v) is 3.12. The van der Waals surface area contributed by atoms with Gasteiger partial charge in [0.1, 0.15) is 6.04 Å². The third-order valence-electron chi connectivity index (χ3n) is 3.01. The minimum Gasteiger partial charge on any atom is -0.356 e. The molecule has 1 aromatic rings. The van der Waals surface area contributed by atoms with E-state index in [2.05, 4.69) is 10.6 Å². The minimum atomic E-state index is -4.02. The molecular weight excluding hydrogens is 354 g/mol. The van der Waals surface area contributed by atoms with Gasteiger partial charge in [-0.3, -0.25) is 14.1 Å². The molecule has 0 aliphatic carbocycles. The number of carbonyl (C=O) groups is 2. The van der Waals surface area contributed by atoms with E-state index in [1.54, 1.807) is 23.9 Å². The zero-order chi connectivity index (χ0) is 18.3. The molecule has 0 radical (unpaired) electrons. The van der Waals surface area contributed by atoms with Gasteiger partial charge >= 0.3 is 0 Å². The van der Waals surface area contributed by atoms with Crippen molar-refractivity contribution in [2.24, 2.45) is 5.73 Å². The van der Waals surface area contributed by atoms with Gasteiger partial charge in [0.05, 0.1) is 10.3 Å². The number of benzene rings is 1. The summed E-state index contributed by atoms with van der Waals surface area (Å²) in [4.78, 5) is 21.1. The summed E-state index contributed by atoms with van der Waals surface area (Å²) in [6.07, 6.45) is 0. The minimum absolute atomic E-state index is 0.0151. The third kappa shape index (κ3) is 6.87. The Morgan fingerprint density at radius 3 is 2.38 bits per heavy atom. The topological polar surface area (TPSA) is 139 Å². The van der Waals surface area contributed by atoms with Gasteiger partial charge < -0.3 is 16.4 Å². The molecule has 24 heavy (non-hydrogen) atoms. The molecule has 134 valence electrons. The summed E-state index contributed by atoms with van der Waals surface area (Å²) >= 11 is 1.55. The molecule has 2 rings (SSSR count). The van der Waals surface area contributed by atoms with Crippen molar-refractivity contribution in [2.45, 2.75) is 30.2 Å². The van der Waals surface area contributed by atoms with Crippen LogP contribution in [-0.2, 0) is 19.7 Å². The van der Waals surface area contributed by atoms with Crippen molar-refractivity contribution in [1.82, 2.24) is 10.6 Å². The van der Waals surface area contributed by atoms with E-state index in [4.69, 9.17) is 10.3 Å². The zero-order valence-electron chi connectivity index (χ0n) is 13.4. The molecule has 1 heterocycles. The van der Waals surface area contributed by atoms with Gasteiger partial charge in [0.15, 0.2) is 0 Å². The molecule has 0 unspecified atom stereocenters. The van der Waals surface area contributed by atoms with Gasteiger partial charge in [0.2, 0.25) is 11.8 Å². The summed E-state index contributed by atoms with van der Waals surface area (Å²) < 4.78 is 29.6. The van der Waals surface area contributed by atoms with Crippen LogP contribution in [0.4, 0.5) is 0 Å². The first kappa shape index (κ1) is 20.4. The molecule has 1 aliphatic rings. The maximum absolute atomic E-state index is 10.7. The quantitative estimate of drug-likeness (QED) is 0.320. The molecule has 2 atom stereocenters. The number of hydrogen-bond donors (Lipinski definition) is 4. The second kappa shape index (κ2) is 9.02. The first-order valence-electron chi connectivity index (χ1n) is 7.07. The van der Waals surface area contributed by atoms with Crippen molar-refractivity contribution >= 4 is 33.7 Å². The molecule has 0 bridgehead atoms. The summed E-state index contributed by atoms with van der Waals surface area (Å²) in [6, 6.07) is 5.60. The Morgan fingerprint density at radius 2 is 1.96 bits per heavy atom. The molecule has 0 spiro atoms. The fourth-order valence-electron chi connectivity index (χ4n) is 1.64. The lowest BCUT2D eigenvalue weighted by atomic mass is 10.2. The van der Waals surface area contributed by atoms with Crippen LogP contribution in [0.15, 0.2) is 29.2 Å². The Labute approximate surface area is 145 Å². The number of nitrogens with one attached hydrogen (secondary N) is 2. The van der Waals surface area contributed by atoms with Crippen LogP contribution in [0.3, 0.4) is 0 Å². The van der Waals surface area contributed by atoms with E-state index in [1.807, 2.05) is 6.92 Å². The lowest BCUT2D eigenvalue weighted by molar-refractivity contribution is -0.128. The highest BCUT2D eigenvalue weighted by Gasteiger charge is 2.35. The van der Waals surface area contributed by atoms with Crippen LogP contribution >= 0.6 is 11.8 Å². The molecule has 1 saturated heterocycles. The van der Waals surface area contributed by atoms with Crippen LogP contribution in [0.2, 0.25) is 0 Å². The van der Waals surface area contributed by atoms with Gasteiger partial charge in [-0.05, 0) is 19.1 Å². The Kier molecular flexibility index (Phi) is 7.67. The summed E-state index contributed by atoms with van der Waals surface area (Å²) in [6.45, 7) is 3.92. The third-order valence-corrected chi connectivity index (χ3v) is 5.08. The van der Waals surface area contributed by atoms with E-state index in [0.717, 1.165) is 11.3 Å². The van der Waals surface area contributed by atoms with Crippen LogP contribution in [0.5, 0.6) is 0 Å². The maximum atomic E-state index is 10.7. The fraction of sp³-hybridized carbons (Fsp3) is 0.429. The number of thioether (sulfide) groups is 1. The van der Waals surface area contributed by atoms with Gasteiger partial charge in [0, 0.05) is 19.2 Å². The summed E-state index contributed by atoms with van der Waals surface area (Å²) in [5.41, 5.74) is 6.44. The molecule has 0 saturated carbocycles. The molecule has 1 aromatic carbocycles. The van der Waals surface area contributed by atoms with Crippen LogP contribution in [0.25, 0.3) is 0 Å². The molecular formula is C14H21N3O5S2. The normalized spacial score (nSPS) is 19.4. The highest BCUT2D eigenvalue weighted by Crippen LogP contribution is 2.17. The van der Waals surface area contributed by atoms with Crippen molar-refractivity contribution in [3.63, 3.8) is 0 Å². The van der Waals surface area contributed by atoms with E-state index in [-0.39, 0.29) is 28.1 Å². The Balaban J connectivity index is 0.000000243. The number of amides is 2. The first-order chi connectivity index (χ1) is 11.1. The number of nitrogens with two attached hydrogens (primary N) is 1. The van der Waals surface area contributed by atoms with Crippen molar-refractivity contribution in [3.05, 3.63) is 29.8 Å². The Hall–Kier alpha value is -1.62. The van der Waals surface area contributed by atoms with Crippen LogP contribution in [-0.4, -0.2) is 48.5 Å². The molecule has 0 aromatic heterocycles. The molecule has 2 amide bonds. The average Bonchev–Trinajstić information content (AvgIpc) is 2.50. The smallest absolute Gasteiger partial charge is 0.294 e. The molecule has 1 aliphatic heterocycles. The van der Waals surface area contributed by atoms with Crippen molar-refractivity contribution in [3.8, 4) is 0 Å². The molecule has 8 nitrogen and oxygen atoms in total. The highest BCUT2D eigenvalue weighted by molar-refractivity contribution is 8.00. The van der Waals surface area contributed by atoms with E-state index in [9.17, 15) is 18.0 Å². The average molecular weight is 375 g/mol. The number of aryl methyl sites for hydroxylation is 1. The van der Waals surface area contributed by atoms with Gasteiger partial charge in [-0.15, -0.1) is 11.8 Å². The van der Waals surface area contributed by atoms with Crippen molar-refractivity contribution < 1.29 is 22.6 Å².